The number of hydrogen-bond acceptors (Lipinski definition) is 3. The number of nitrogens with one attached hydrogen (secondary N) is 1. The highest BCUT2D eigenvalue weighted by molar-refractivity contribution is 5.30. The minimum atomic E-state index is -2.41. The van der Waals surface area contributed by atoms with Gasteiger partial charge in [-0.1, -0.05) is 12.1 Å². The summed E-state index contributed by atoms with van der Waals surface area (Å²) in [5, 5.41) is 3.13. The summed E-state index contributed by atoms with van der Waals surface area (Å²) in [4.78, 5) is 0. The molecule has 1 aromatic carbocycles. The summed E-state index contributed by atoms with van der Waals surface area (Å²) in [5.41, 5.74) is 1.05. The van der Waals surface area contributed by atoms with E-state index in [9.17, 15) is 8.78 Å². The summed E-state index contributed by atoms with van der Waals surface area (Å²) < 4.78 is 33.8. The standard InChI is InChI=1S/C13H19F2NO2/c1-16-12(6-7-18-9-13(14)15)10-4-3-5-11(8-10)17-2/h3-5,8,12-13,16H,6-7,9H2,1-2H3. The van der Waals surface area contributed by atoms with Crippen molar-refractivity contribution < 1.29 is 18.3 Å². The molecule has 1 rings (SSSR count). The topological polar surface area (TPSA) is 30.5 Å². The Labute approximate surface area is 106 Å². The molecule has 0 saturated carbocycles. The van der Waals surface area contributed by atoms with E-state index in [1.807, 2.05) is 31.3 Å². The fraction of sp³-hybridized carbons (Fsp3) is 0.538. The molecular formula is C13H19F2NO2. The molecule has 0 radical (unpaired) electrons. The van der Waals surface area contributed by atoms with E-state index in [0.29, 0.717) is 13.0 Å². The lowest BCUT2D eigenvalue weighted by atomic mass is 10.0. The van der Waals surface area contributed by atoms with E-state index < -0.39 is 13.0 Å². The van der Waals surface area contributed by atoms with Crippen LogP contribution in [0.2, 0.25) is 0 Å². The number of methoxy groups -OCH3 is 1. The third kappa shape index (κ3) is 4.98. The summed E-state index contributed by atoms with van der Waals surface area (Å²) in [6.45, 7) is -0.207. The Morgan fingerprint density at radius 1 is 1.33 bits per heavy atom. The second kappa shape index (κ2) is 8.00. The Hall–Kier alpha value is -1.20. The smallest absolute Gasteiger partial charge is 0.261 e. The van der Waals surface area contributed by atoms with Gasteiger partial charge in [-0.15, -0.1) is 0 Å². The molecule has 5 heteroatoms. The summed E-state index contributed by atoms with van der Waals surface area (Å²) >= 11 is 0. The van der Waals surface area contributed by atoms with Crippen LogP contribution in [0.25, 0.3) is 0 Å². The third-order valence-electron chi connectivity index (χ3n) is 2.64. The van der Waals surface area contributed by atoms with Crippen molar-refractivity contribution in [3.05, 3.63) is 29.8 Å². The second-order valence-corrected chi connectivity index (χ2v) is 3.87. The molecule has 1 N–H and O–H groups in total. The predicted octanol–water partition coefficient (Wildman–Crippen LogP) is 2.63. The van der Waals surface area contributed by atoms with Gasteiger partial charge in [0.1, 0.15) is 12.4 Å². The van der Waals surface area contributed by atoms with Crippen molar-refractivity contribution in [2.75, 3.05) is 27.4 Å². The molecule has 102 valence electrons. The van der Waals surface area contributed by atoms with E-state index in [0.717, 1.165) is 11.3 Å². The van der Waals surface area contributed by atoms with Gasteiger partial charge in [0.25, 0.3) is 6.43 Å². The SMILES string of the molecule is CNC(CCOCC(F)F)c1cccc(OC)c1. The van der Waals surface area contributed by atoms with Crippen LogP contribution in [0.15, 0.2) is 24.3 Å². The first kappa shape index (κ1) is 14.9. The summed E-state index contributed by atoms with van der Waals surface area (Å²) in [6, 6.07) is 7.73. The molecular weight excluding hydrogens is 240 g/mol. The highest BCUT2D eigenvalue weighted by atomic mass is 19.3. The lowest BCUT2D eigenvalue weighted by molar-refractivity contribution is 0.0145. The molecule has 0 aromatic heterocycles. The number of hydrogen-bond donors (Lipinski definition) is 1. The largest absolute Gasteiger partial charge is 0.497 e. The van der Waals surface area contributed by atoms with E-state index >= 15 is 0 Å². The zero-order valence-corrected chi connectivity index (χ0v) is 10.7. The van der Waals surface area contributed by atoms with Gasteiger partial charge in [-0.3, -0.25) is 0 Å². The van der Waals surface area contributed by atoms with Crippen LogP contribution in [0, 0.1) is 0 Å². The van der Waals surface area contributed by atoms with Crippen molar-refractivity contribution in [3.63, 3.8) is 0 Å². The molecule has 1 atom stereocenters. The highest BCUT2D eigenvalue weighted by Crippen LogP contribution is 2.21. The van der Waals surface area contributed by atoms with Crippen LogP contribution in [0.3, 0.4) is 0 Å². The molecule has 0 bridgehead atoms. The van der Waals surface area contributed by atoms with Crippen molar-refractivity contribution in [2.24, 2.45) is 0 Å². The van der Waals surface area contributed by atoms with Crippen LogP contribution < -0.4 is 10.1 Å². The van der Waals surface area contributed by atoms with Crippen molar-refractivity contribution >= 4 is 0 Å². The van der Waals surface area contributed by atoms with E-state index in [2.05, 4.69) is 5.32 Å². The molecule has 0 aliphatic heterocycles. The minimum absolute atomic E-state index is 0.0674. The number of halogens is 2. The fourth-order valence-corrected chi connectivity index (χ4v) is 1.71. The quantitative estimate of drug-likeness (QED) is 0.728. The van der Waals surface area contributed by atoms with Crippen molar-refractivity contribution in [1.82, 2.24) is 5.32 Å². The number of alkyl halides is 2. The van der Waals surface area contributed by atoms with Gasteiger partial charge in [0.15, 0.2) is 0 Å². The van der Waals surface area contributed by atoms with Crippen LogP contribution in [0.5, 0.6) is 5.75 Å². The van der Waals surface area contributed by atoms with Crippen LogP contribution >= 0.6 is 0 Å². The van der Waals surface area contributed by atoms with Gasteiger partial charge in [-0.25, -0.2) is 8.78 Å². The molecule has 0 aliphatic rings. The first-order valence-corrected chi connectivity index (χ1v) is 5.84. The Morgan fingerprint density at radius 2 is 2.11 bits per heavy atom. The van der Waals surface area contributed by atoms with E-state index in [1.54, 1.807) is 7.11 Å². The van der Waals surface area contributed by atoms with Crippen molar-refractivity contribution in [1.29, 1.82) is 0 Å². The van der Waals surface area contributed by atoms with Gasteiger partial charge in [-0.05, 0) is 31.2 Å². The lowest BCUT2D eigenvalue weighted by Crippen LogP contribution is -2.19. The number of ether oxygens (including phenoxy) is 2. The van der Waals surface area contributed by atoms with Gasteiger partial charge >= 0.3 is 0 Å². The van der Waals surface area contributed by atoms with E-state index in [1.165, 1.54) is 0 Å². The Kier molecular flexibility index (Phi) is 6.60. The molecule has 0 saturated heterocycles. The zero-order chi connectivity index (χ0) is 13.4. The molecule has 18 heavy (non-hydrogen) atoms. The predicted molar refractivity (Wildman–Crippen MR) is 66.2 cm³/mol. The molecule has 3 nitrogen and oxygen atoms in total. The van der Waals surface area contributed by atoms with Crippen LogP contribution in [0.4, 0.5) is 8.78 Å². The third-order valence-corrected chi connectivity index (χ3v) is 2.64. The molecule has 1 aromatic rings. The van der Waals surface area contributed by atoms with Crippen molar-refractivity contribution in [3.8, 4) is 5.75 Å². The summed E-state index contributed by atoms with van der Waals surface area (Å²) in [6.07, 6.45) is -1.77. The average molecular weight is 259 g/mol. The summed E-state index contributed by atoms with van der Waals surface area (Å²) in [5.74, 6) is 0.779. The van der Waals surface area contributed by atoms with E-state index in [4.69, 9.17) is 9.47 Å². The van der Waals surface area contributed by atoms with Crippen LogP contribution in [-0.2, 0) is 4.74 Å². The molecule has 1 unspecified atom stereocenters. The van der Waals surface area contributed by atoms with Gasteiger partial charge in [0, 0.05) is 12.6 Å². The van der Waals surface area contributed by atoms with Crippen LogP contribution in [-0.4, -0.2) is 33.8 Å². The maximum Gasteiger partial charge on any atom is 0.261 e. The van der Waals surface area contributed by atoms with Crippen LogP contribution in [0.1, 0.15) is 18.0 Å². The average Bonchev–Trinajstić information content (AvgIpc) is 2.38. The molecule has 0 heterocycles. The maximum atomic E-state index is 11.9. The minimum Gasteiger partial charge on any atom is -0.497 e. The fourth-order valence-electron chi connectivity index (χ4n) is 1.71. The zero-order valence-electron chi connectivity index (χ0n) is 10.7. The highest BCUT2D eigenvalue weighted by Gasteiger charge is 2.10. The number of benzene rings is 1. The lowest BCUT2D eigenvalue weighted by Gasteiger charge is -2.17. The second-order valence-electron chi connectivity index (χ2n) is 3.87. The Morgan fingerprint density at radius 3 is 2.72 bits per heavy atom. The Balaban J connectivity index is 2.49. The number of rotatable bonds is 8. The molecule has 0 aliphatic carbocycles. The van der Waals surface area contributed by atoms with Crippen molar-refractivity contribution in [2.45, 2.75) is 18.9 Å². The van der Waals surface area contributed by atoms with E-state index in [-0.39, 0.29) is 6.04 Å². The van der Waals surface area contributed by atoms with Gasteiger partial charge in [0.05, 0.1) is 7.11 Å². The molecule has 0 fully saturated rings. The normalized spacial score (nSPS) is 12.7. The molecule has 0 amide bonds. The van der Waals surface area contributed by atoms with Gasteiger partial charge in [-0.2, -0.15) is 0 Å². The van der Waals surface area contributed by atoms with Gasteiger partial charge < -0.3 is 14.8 Å². The Bertz CT molecular complexity index is 348. The molecule has 0 spiro atoms. The van der Waals surface area contributed by atoms with Gasteiger partial charge in [0.2, 0.25) is 0 Å². The first-order valence-electron chi connectivity index (χ1n) is 5.84. The monoisotopic (exact) mass is 259 g/mol. The summed E-state index contributed by atoms with van der Waals surface area (Å²) in [7, 11) is 3.44. The maximum absolute atomic E-state index is 11.9. The first-order chi connectivity index (χ1) is 8.67.